The predicted molar refractivity (Wildman–Crippen MR) is 79.6 cm³/mol. The van der Waals surface area contributed by atoms with Gasteiger partial charge in [-0.25, -0.2) is 0 Å². The van der Waals surface area contributed by atoms with E-state index in [-0.39, 0.29) is 11.5 Å². The molecule has 0 radical (unpaired) electrons. The van der Waals surface area contributed by atoms with Crippen molar-refractivity contribution in [1.29, 1.82) is 0 Å². The van der Waals surface area contributed by atoms with E-state index in [2.05, 4.69) is 22.6 Å². The molecule has 0 amide bonds. The second-order valence-electron chi connectivity index (χ2n) is 3.58. The third-order valence-electron chi connectivity index (χ3n) is 2.31. The monoisotopic (exact) mass is 371 g/mol. The predicted octanol–water partition coefficient (Wildman–Crippen LogP) is 2.90. The Hall–Kier alpha value is -1.08. The Morgan fingerprint density at radius 2 is 1.94 bits per heavy atom. The molecule has 0 bridgehead atoms. The van der Waals surface area contributed by atoms with Crippen LogP contribution in [0.4, 0.5) is 0 Å². The Morgan fingerprint density at radius 1 is 1.22 bits per heavy atom. The van der Waals surface area contributed by atoms with Gasteiger partial charge in [-0.3, -0.25) is 4.79 Å². The molecule has 0 aliphatic heterocycles. The molecule has 0 spiro atoms. The highest BCUT2D eigenvalue weighted by atomic mass is 127. The van der Waals surface area contributed by atoms with Crippen molar-refractivity contribution >= 4 is 40.1 Å². The molecule has 0 aliphatic rings. The van der Waals surface area contributed by atoms with Crippen molar-refractivity contribution in [2.75, 3.05) is 5.75 Å². The maximum Gasteiger partial charge on any atom is 0.251 e. The number of hydrogen-bond donors (Lipinski definition) is 0. The second-order valence-corrected chi connectivity index (χ2v) is 5.82. The zero-order chi connectivity index (χ0) is 13.0. The molecule has 1 aromatic carbocycles. The van der Waals surface area contributed by atoms with E-state index in [1.165, 1.54) is 18.0 Å². The van der Waals surface area contributed by atoms with Crippen molar-refractivity contribution in [2.24, 2.45) is 0 Å². The van der Waals surface area contributed by atoms with Crippen LogP contribution in [0.2, 0.25) is 0 Å². The van der Waals surface area contributed by atoms with Crippen LogP contribution in [0.15, 0.2) is 53.7 Å². The minimum atomic E-state index is 0.0280. The number of rotatable bonds is 4. The lowest BCUT2D eigenvalue weighted by Crippen LogP contribution is -2.28. The van der Waals surface area contributed by atoms with Crippen molar-refractivity contribution < 1.29 is 9.52 Å². The molecule has 5 heteroatoms. The summed E-state index contributed by atoms with van der Waals surface area (Å²) < 4.78 is 1.86. The van der Waals surface area contributed by atoms with E-state index in [1.54, 1.807) is 30.3 Å². The number of hydrogen-bond acceptors (Lipinski definition) is 3. The molecule has 3 nitrogen and oxygen atoms in total. The van der Waals surface area contributed by atoms with Gasteiger partial charge >= 0.3 is 0 Å². The Labute approximate surface area is 123 Å². The highest BCUT2D eigenvalue weighted by Gasteiger charge is 2.10. The van der Waals surface area contributed by atoms with E-state index in [9.17, 15) is 10.0 Å². The SMILES string of the molecule is O=C(CSc1cccc[n+]1[O-])c1ccc(I)cc1. The number of ketones is 1. The van der Waals surface area contributed by atoms with Crippen LogP contribution in [0.3, 0.4) is 0 Å². The number of benzene rings is 1. The highest BCUT2D eigenvalue weighted by Crippen LogP contribution is 2.15. The lowest BCUT2D eigenvalue weighted by atomic mass is 10.2. The zero-order valence-corrected chi connectivity index (χ0v) is 12.3. The van der Waals surface area contributed by atoms with Crippen molar-refractivity contribution in [3.63, 3.8) is 0 Å². The first-order valence-electron chi connectivity index (χ1n) is 5.26. The summed E-state index contributed by atoms with van der Waals surface area (Å²) in [4.78, 5) is 11.9. The van der Waals surface area contributed by atoms with Gasteiger partial charge in [0.2, 0.25) is 0 Å². The normalized spacial score (nSPS) is 10.3. The first kappa shape index (κ1) is 13.4. The molecule has 1 heterocycles. The van der Waals surface area contributed by atoms with Gasteiger partial charge in [0.25, 0.3) is 5.03 Å². The minimum Gasteiger partial charge on any atom is -0.618 e. The molecule has 1 aromatic heterocycles. The van der Waals surface area contributed by atoms with E-state index in [4.69, 9.17) is 0 Å². The van der Waals surface area contributed by atoms with Crippen LogP contribution in [-0.4, -0.2) is 11.5 Å². The summed E-state index contributed by atoms with van der Waals surface area (Å²) in [6.07, 6.45) is 1.43. The molecular formula is C13H10INO2S. The largest absolute Gasteiger partial charge is 0.618 e. The van der Waals surface area contributed by atoms with Crippen molar-refractivity contribution in [1.82, 2.24) is 0 Å². The Balaban J connectivity index is 2.01. The number of nitrogens with zero attached hydrogens (tertiary/aromatic N) is 1. The zero-order valence-electron chi connectivity index (χ0n) is 9.38. The van der Waals surface area contributed by atoms with Gasteiger partial charge in [-0.1, -0.05) is 12.1 Å². The van der Waals surface area contributed by atoms with E-state index >= 15 is 0 Å². The highest BCUT2D eigenvalue weighted by molar-refractivity contribution is 14.1. The number of pyridine rings is 1. The first-order chi connectivity index (χ1) is 8.66. The van der Waals surface area contributed by atoms with Crippen LogP contribution in [-0.2, 0) is 0 Å². The number of thioether (sulfide) groups is 1. The summed E-state index contributed by atoms with van der Waals surface area (Å²) in [5.41, 5.74) is 0.677. The molecule has 0 saturated heterocycles. The average molecular weight is 371 g/mol. The van der Waals surface area contributed by atoms with Crippen molar-refractivity contribution in [3.05, 3.63) is 63.0 Å². The van der Waals surface area contributed by atoms with Crippen LogP contribution in [0, 0.1) is 8.78 Å². The first-order valence-corrected chi connectivity index (χ1v) is 7.33. The molecule has 2 rings (SSSR count). The fraction of sp³-hybridized carbons (Fsp3) is 0.0769. The van der Waals surface area contributed by atoms with Gasteiger partial charge in [-0.05, 0) is 52.6 Å². The van der Waals surface area contributed by atoms with Crippen LogP contribution < -0.4 is 4.73 Å². The molecule has 0 atom stereocenters. The summed E-state index contributed by atoms with van der Waals surface area (Å²) in [5, 5.41) is 11.9. The molecule has 18 heavy (non-hydrogen) atoms. The average Bonchev–Trinajstić information content (AvgIpc) is 2.38. The molecular weight excluding hydrogens is 361 g/mol. The topological polar surface area (TPSA) is 44.0 Å². The van der Waals surface area contributed by atoms with Crippen LogP contribution >= 0.6 is 34.4 Å². The standard InChI is InChI=1S/C13H10INO2S/c14-11-6-4-10(5-7-11)12(16)9-18-13-3-1-2-8-15(13)17/h1-8H,9H2. The lowest BCUT2D eigenvalue weighted by molar-refractivity contribution is -0.645. The summed E-state index contributed by atoms with van der Waals surface area (Å²) >= 11 is 3.45. The Morgan fingerprint density at radius 3 is 2.61 bits per heavy atom. The number of aromatic nitrogens is 1. The number of carbonyl (C=O) groups is 1. The fourth-order valence-corrected chi connectivity index (χ4v) is 2.55. The Bertz CT molecular complexity index is 557. The third kappa shape index (κ3) is 3.46. The van der Waals surface area contributed by atoms with Gasteiger partial charge in [0.15, 0.2) is 12.0 Å². The van der Waals surface area contributed by atoms with Crippen LogP contribution in [0.25, 0.3) is 0 Å². The number of carbonyl (C=O) groups excluding carboxylic acids is 1. The lowest BCUT2D eigenvalue weighted by Gasteiger charge is -2.03. The molecule has 0 aliphatic carbocycles. The van der Waals surface area contributed by atoms with Gasteiger partial charge < -0.3 is 5.21 Å². The second kappa shape index (κ2) is 6.19. The van der Waals surface area contributed by atoms with Crippen LogP contribution in [0.1, 0.15) is 10.4 Å². The van der Waals surface area contributed by atoms with Gasteiger partial charge in [0.1, 0.15) is 0 Å². The molecule has 92 valence electrons. The molecule has 0 unspecified atom stereocenters. The van der Waals surface area contributed by atoms with Crippen molar-refractivity contribution in [3.8, 4) is 0 Å². The molecule has 0 fully saturated rings. The molecule has 0 saturated carbocycles. The molecule has 0 N–H and O–H groups in total. The number of Topliss-reactive ketones (excluding diaryl/α,β-unsaturated/α-hetero) is 1. The van der Waals surface area contributed by atoms with Crippen LogP contribution in [0.5, 0.6) is 0 Å². The Kier molecular flexibility index (Phi) is 4.60. The number of halogens is 1. The van der Waals surface area contributed by atoms with Crippen molar-refractivity contribution in [2.45, 2.75) is 5.03 Å². The van der Waals surface area contributed by atoms with E-state index in [0.717, 1.165) is 8.30 Å². The third-order valence-corrected chi connectivity index (χ3v) is 4.04. The van der Waals surface area contributed by atoms with Gasteiger partial charge in [0.05, 0.1) is 5.75 Å². The minimum absolute atomic E-state index is 0.0280. The van der Waals surface area contributed by atoms with Gasteiger partial charge in [-0.2, -0.15) is 4.73 Å². The van der Waals surface area contributed by atoms with Gasteiger partial charge in [-0.15, -0.1) is 0 Å². The smallest absolute Gasteiger partial charge is 0.251 e. The summed E-state index contributed by atoms with van der Waals surface area (Å²) in [7, 11) is 0. The van der Waals surface area contributed by atoms with E-state index < -0.39 is 0 Å². The maximum atomic E-state index is 11.9. The quantitative estimate of drug-likeness (QED) is 0.273. The van der Waals surface area contributed by atoms with E-state index in [0.29, 0.717) is 10.6 Å². The summed E-state index contributed by atoms with van der Waals surface area (Å²) in [5.74, 6) is 0.299. The summed E-state index contributed by atoms with van der Waals surface area (Å²) in [6.45, 7) is 0. The van der Waals surface area contributed by atoms with E-state index in [1.807, 2.05) is 12.1 Å². The molecule has 2 aromatic rings. The fourth-order valence-electron chi connectivity index (χ4n) is 1.38. The van der Waals surface area contributed by atoms with Gasteiger partial charge in [0, 0.05) is 21.3 Å². The maximum absolute atomic E-state index is 11.9. The summed E-state index contributed by atoms with van der Waals surface area (Å²) in [6, 6.07) is 12.6.